The molecule has 3 aromatic carbocycles. The third-order valence-corrected chi connectivity index (χ3v) is 4.74. The zero-order chi connectivity index (χ0) is 19.3. The molecule has 3 heteroatoms. The minimum atomic E-state index is 0.750. The zero-order valence-corrected chi connectivity index (χ0v) is 16.2. The fourth-order valence-corrected chi connectivity index (χ4v) is 3.19. The number of nitrogens with zero attached hydrogens (tertiary/aromatic N) is 1. The summed E-state index contributed by atoms with van der Waals surface area (Å²) in [6, 6.07) is 26.8. The fourth-order valence-electron chi connectivity index (χ4n) is 3.19. The molecule has 0 spiro atoms. The van der Waals surface area contributed by atoms with Crippen molar-refractivity contribution in [1.82, 2.24) is 4.98 Å². The second kappa shape index (κ2) is 8.13. The van der Waals surface area contributed by atoms with Gasteiger partial charge in [0.25, 0.3) is 0 Å². The molecule has 0 amide bonds. The molecule has 0 bridgehead atoms. The van der Waals surface area contributed by atoms with Crippen LogP contribution >= 0.6 is 0 Å². The van der Waals surface area contributed by atoms with E-state index in [-0.39, 0.29) is 0 Å². The van der Waals surface area contributed by atoms with E-state index in [2.05, 4.69) is 55.5 Å². The summed E-state index contributed by atoms with van der Waals surface area (Å²) in [6.45, 7) is 2.86. The third kappa shape index (κ3) is 3.84. The molecule has 0 atom stereocenters. The summed E-state index contributed by atoms with van der Waals surface area (Å²) >= 11 is 0. The molecular weight excluding hydrogens is 346 g/mol. The van der Waals surface area contributed by atoms with Crippen LogP contribution in [-0.2, 0) is 0 Å². The van der Waals surface area contributed by atoms with Gasteiger partial charge in [-0.05, 0) is 53.9 Å². The first-order valence-electron chi connectivity index (χ1n) is 9.55. The maximum Gasteiger partial charge on any atom is 0.119 e. The van der Waals surface area contributed by atoms with E-state index in [1.54, 1.807) is 7.11 Å². The van der Waals surface area contributed by atoms with Crippen LogP contribution in [-0.4, -0.2) is 18.7 Å². The first-order valence-corrected chi connectivity index (χ1v) is 9.55. The molecule has 1 aromatic heterocycles. The molecule has 0 fully saturated rings. The van der Waals surface area contributed by atoms with Crippen LogP contribution < -0.4 is 9.47 Å². The Bertz CT molecular complexity index is 1070. The number of aromatic nitrogens is 1. The van der Waals surface area contributed by atoms with E-state index in [4.69, 9.17) is 14.5 Å². The van der Waals surface area contributed by atoms with E-state index in [1.807, 2.05) is 30.3 Å². The van der Waals surface area contributed by atoms with Gasteiger partial charge < -0.3 is 9.47 Å². The number of rotatable bonds is 6. The van der Waals surface area contributed by atoms with E-state index in [0.29, 0.717) is 0 Å². The molecule has 0 aliphatic carbocycles. The largest absolute Gasteiger partial charge is 0.497 e. The van der Waals surface area contributed by atoms with Gasteiger partial charge in [-0.3, -0.25) is 0 Å². The van der Waals surface area contributed by atoms with Crippen LogP contribution in [0.25, 0.3) is 33.3 Å². The van der Waals surface area contributed by atoms with Crippen LogP contribution in [0.2, 0.25) is 0 Å². The lowest BCUT2D eigenvalue weighted by atomic mass is 10.0. The van der Waals surface area contributed by atoms with Crippen LogP contribution in [0, 0.1) is 0 Å². The molecule has 0 saturated heterocycles. The average molecular weight is 369 g/mol. The summed E-state index contributed by atoms with van der Waals surface area (Å²) in [6.07, 6.45) is 1.01. The molecule has 0 unspecified atom stereocenters. The fraction of sp³-hybridized carbons (Fsp3) is 0.160. The molecule has 28 heavy (non-hydrogen) atoms. The number of hydrogen-bond donors (Lipinski definition) is 0. The molecular formula is C25H23NO2. The maximum absolute atomic E-state index is 5.66. The number of benzene rings is 3. The quantitative estimate of drug-likeness (QED) is 0.396. The highest BCUT2D eigenvalue weighted by molar-refractivity contribution is 5.83. The van der Waals surface area contributed by atoms with E-state index in [9.17, 15) is 0 Å². The molecule has 0 aliphatic rings. The van der Waals surface area contributed by atoms with Gasteiger partial charge in [-0.15, -0.1) is 0 Å². The van der Waals surface area contributed by atoms with Gasteiger partial charge in [-0.25, -0.2) is 4.98 Å². The summed E-state index contributed by atoms with van der Waals surface area (Å²) in [7, 11) is 1.68. The second-order valence-electron chi connectivity index (χ2n) is 6.71. The van der Waals surface area contributed by atoms with Gasteiger partial charge >= 0.3 is 0 Å². The van der Waals surface area contributed by atoms with E-state index in [0.717, 1.165) is 46.7 Å². The molecule has 1 heterocycles. The Balaban J connectivity index is 1.56. The van der Waals surface area contributed by atoms with Crippen molar-refractivity contribution in [2.75, 3.05) is 13.7 Å². The van der Waals surface area contributed by atoms with Gasteiger partial charge in [0.15, 0.2) is 0 Å². The molecule has 0 saturated carbocycles. The minimum absolute atomic E-state index is 0.750. The van der Waals surface area contributed by atoms with Crippen molar-refractivity contribution in [3.05, 3.63) is 78.9 Å². The lowest BCUT2D eigenvalue weighted by Crippen LogP contribution is -1.94. The van der Waals surface area contributed by atoms with Crippen molar-refractivity contribution in [2.45, 2.75) is 13.3 Å². The lowest BCUT2D eigenvalue weighted by Gasteiger charge is -2.08. The van der Waals surface area contributed by atoms with Gasteiger partial charge in [0.1, 0.15) is 11.5 Å². The molecule has 3 nitrogen and oxygen atoms in total. The summed E-state index contributed by atoms with van der Waals surface area (Å²) in [4.78, 5) is 4.79. The van der Waals surface area contributed by atoms with Gasteiger partial charge in [-0.2, -0.15) is 0 Å². The molecule has 140 valence electrons. The Morgan fingerprint density at radius 3 is 2.04 bits per heavy atom. The average Bonchev–Trinajstić information content (AvgIpc) is 2.77. The van der Waals surface area contributed by atoms with Crippen LogP contribution in [0.15, 0.2) is 78.9 Å². The molecule has 4 rings (SSSR count). The predicted molar refractivity (Wildman–Crippen MR) is 115 cm³/mol. The highest BCUT2D eigenvalue weighted by Crippen LogP contribution is 2.27. The summed E-state index contributed by atoms with van der Waals surface area (Å²) in [5, 5.41) is 1.07. The first kappa shape index (κ1) is 18.1. The van der Waals surface area contributed by atoms with Crippen molar-refractivity contribution in [1.29, 1.82) is 0 Å². The Morgan fingerprint density at radius 2 is 1.36 bits per heavy atom. The van der Waals surface area contributed by atoms with Crippen molar-refractivity contribution < 1.29 is 9.47 Å². The summed E-state index contributed by atoms with van der Waals surface area (Å²) in [5.41, 5.74) is 5.38. The van der Waals surface area contributed by atoms with Gasteiger partial charge in [-0.1, -0.05) is 49.4 Å². The lowest BCUT2D eigenvalue weighted by molar-refractivity contribution is 0.317. The van der Waals surface area contributed by atoms with Crippen molar-refractivity contribution in [3.8, 4) is 33.9 Å². The summed E-state index contributed by atoms with van der Waals surface area (Å²) < 4.78 is 10.9. The highest BCUT2D eigenvalue weighted by Gasteiger charge is 2.05. The first-order chi connectivity index (χ1) is 13.8. The number of fused-ring (bicyclic) bond motifs is 1. The monoisotopic (exact) mass is 369 g/mol. The second-order valence-corrected chi connectivity index (χ2v) is 6.71. The highest BCUT2D eigenvalue weighted by atomic mass is 16.5. The summed E-state index contributed by atoms with van der Waals surface area (Å²) in [5.74, 6) is 1.76. The molecule has 0 N–H and O–H groups in total. The number of pyridine rings is 1. The van der Waals surface area contributed by atoms with Crippen molar-refractivity contribution in [2.24, 2.45) is 0 Å². The van der Waals surface area contributed by atoms with Crippen LogP contribution in [0.4, 0.5) is 0 Å². The SMILES string of the molecule is CCCOc1ccc(-c2ccc(-c3ccc4cc(OC)ccc4n3)cc2)cc1. The van der Waals surface area contributed by atoms with E-state index < -0.39 is 0 Å². The van der Waals surface area contributed by atoms with Crippen LogP contribution in [0.3, 0.4) is 0 Å². The standard InChI is InChI=1S/C25H23NO2/c1-3-16-28-22-11-8-19(9-12-22)18-4-6-20(7-5-18)24-14-10-21-17-23(27-2)13-15-25(21)26-24/h4-15,17H,3,16H2,1-2H3. The Morgan fingerprint density at radius 1 is 0.714 bits per heavy atom. The Kier molecular flexibility index (Phi) is 5.24. The molecule has 4 aromatic rings. The number of ether oxygens (including phenoxy) is 2. The van der Waals surface area contributed by atoms with E-state index in [1.165, 1.54) is 11.1 Å². The van der Waals surface area contributed by atoms with Gasteiger partial charge in [0.05, 0.1) is 24.9 Å². The predicted octanol–water partition coefficient (Wildman–Crippen LogP) is 6.37. The maximum atomic E-state index is 5.66. The van der Waals surface area contributed by atoms with Gasteiger partial charge in [0, 0.05) is 10.9 Å². The van der Waals surface area contributed by atoms with E-state index >= 15 is 0 Å². The molecule has 0 radical (unpaired) electrons. The molecule has 0 aliphatic heterocycles. The normalized spacial score (nSPS) is 10.8. The van der Waals surface area contributed by atoms with Crippen molar-refractivity contribution in [3.63, 3.8) is 0 Å². The third-order valence-electron chi connectivity index (χ3n) is 4.74. The Hall–Kier alpha value is -3.33. The van der Waals surface area contributed by atoms with Gasteiger partial charge in [0.2, 0.25) is 0 Å². The minimum Gasteiger partial charge on any atom is -0.497 e. The topological polar surface area (TPSA) is 31.4 Å². The van der Waals surface area contributed by atoms with Crippen LogP contribution in [0.1, 0.15) is 13.3 Å². The zero-order valence-electron chi connectivity index (χ0n) is 16.2. The smallest absolute Gasteiger partial charge is 0.119 e. The van der Waals surface area contributed by atoms with Crippen molar-refractivity contribution >= 4 is 10.9 Å². The number of hydrogen-bond acceptors (Lipinski definition) is 3. The Labute approximate surface area is 165 Å². The number of methoxy groups -OCH3 is 1. The van der Waals surface area contributed by atoms with Crippen LogP contribution in [0.5, 0.6) is 11.5 Å².